The lowest BCUT2D eigenvalue weighted by atomic mass is 9.83. The first-order valence-corrected chi connectivity index (χ1v) is 6.33. The van der Waals surface area contributed by atoms with Crippen molar-refractivity contribution in [3.63, 3.8) is 0 Å². The summed E-state index contributed by atoms with van der Waals surface area (Å²) in [6.07, 6.45) is 2.69. The van der Waals surface area contributed by atoms with Crippen LogP contribution in [0.5, 0.6) is 0 Å². The van der Waals surface area contributed by atoms with Gasteiger partial charge in [0.1, 0.15) is 0 Å². The van der Waals surface area contributed by atoms with Crippen LogP contribution in [0, 0.1) is 5.41 Å². The number of nitrogens with zero attached hydrogens (tertiary/aromatic N) is 3. The number of rotatable bonds is 6. The Kier molecular flexibility index (Phi) is 5.25. The van der Waals surface area contributed by atoms with E-state index >= 15 is 0 Å². The van der Waals surface area contributed by atoms with Crippen LogP contribution in [0.4, 0.5) is 0 Å². The molecule has 0 saturated carbocycles. The maximum absolute atomic E-state index is 5.70. The minimum absolute atomic E-state index is 0.0346. The van der Waals surface area contributed by atoms with Gasteiger partial charge in [0.15, 0.2) is 0 Å². The van der Waals surface area contributed by atoms with Crippen molar-refractivity contribution in [3.8, 4) is 0 Å². The van der Waals surface area contributed by atoms with Crippen LogP contribution in [-0.2, 0) is 11.3 Å². The Balaban J connectivity index is 3.04. The van der Waals surface area contributed by atoms with E-state index < -0.39 is 0 Å². The molecule has 1 heterocycles. The molecule has 18 heavy (non-hydrogen) atoms. The third-order valence-corrected chi connectivity index (χ3v) is 2.99. The van der Waals surface area contributed by atoms with Crippen LogP contribution in [0.2, 0.25) is 0 Å². The summed E-state index contributed by atoms with van der Waals surface area (Å²) in [7, 11) is 1.70. The highest BCUT2D eigenvalue weighted by atomic mass is 16.5. The second kappa shape index (κ2) is 6.26. The van der Waals surface area contributed by atoms with Crippen molar-refractivity contribution in [2.24, 2.45) is 11.3 Å². The normalized spacial score (nSPS) is 15.7. The zero-order valence-corrected chi connectivity index (χ0v) is 12.0. The van der Waals surface area contributed by atoms with Crippen molar-refractivity contribution in [1.29, 1.82) is 0 Å². The van der Waals surface area contributed by atoms with E-state index in [0.29, 0.717) is 0 Å². The van der Waals surface area contributed by atoms with Gasteiger partial charge in [-0.1, -0.05) is 32.9 Å². The van der Waals surface area contributed by atoms with Gasteiger partial charge in [-0.15, -0.1) is 5.10 Å². The number of hydrogen-bond acceptors (Lipinski definition) is 5. The van der Waals surface area contributed by atoms with Crippen LogP contribution in [0.1, 0.15) is 45.9 Å². The molecule has 0 aliphatic carbocycles. The average molecular weight is 255 g/mol. The van der Waals surface area contributed by atoms with E-state index in [1.807, 2.05) is 4.68 Å². The fourth-order valence-corrected chi connectivity index (χ4v) is 2.21. The summed E-state index contributed by atoms with van der Waals surface area (Å²) in [6.45, 7) is 9.31. The van der Waals surface area contributed by atoms with Crippen LogP contribution in [0.15, 0.2) is 6.20 Å². The third kappa shape index (κ3) is 3.28. The second-order valence-electron chi connectivity index (χ2n) is 5.55. The van der Waals surface area contributed by atoms with Gasteiger partial charge < -0.3 is 4.74 Å². The molecule has 0 amide bonds. The zero-order chi connectivity index (χ0) is 13.8. The molecule has 3 N–H and O–H groups in total. The van der Waals surface area contributed by atoms with Crippen molar-refractivity contribution >= 4 is 0 Å². The van der Waals surface area contributed by atoms with E-state index in [1.165, 1.54) is 0 Å². The lowest BCUT2D eigenvalue weighted by Crippen LogP contribution is -2.45. The summed E-state index contributed by atoms with van der Waals surface area (Å²) >= 11 is 0. The topological polar surface area (TPSA) is 78.0 Å². The summed E-state index contributed by atoms with van der Waals surface area (Å²) < 4.78 is 7.49. The fraction of sp³-hybridized carbons (Fsp3) is 0.833. The van der Waals surface area contributed by atoms with Crippen LogP contribution in [0.25, 0.3) is 0 Å². The summed E-state index contributed by atoms with van der Waals surface area (Å²) in [4.78, 5) is 0. The van der Waals surface area contributed by atoms with E-state index in [0.717, 1.165) is 18.7 Å². The minimum Gasteiger partial charge on any atom is -0.379 e. The van der Waals surface area contributed by atoms with Crippen molar-refractivity contribution in [1.82, 2.24) is 20.4 Å². The van der Waals surface area contributed by atoms with Crippen molar-refractivity contribution in [3.05, 3.63) is 11.9 Å². The molecule has 1 rings (SSSR count). The number of aromatic nitrogens is 3. The lowest BCUT2D eigenvalue weighted by Gasteiger charge is -2.35. The molecular weight excluding hydrogens is 230 g/mol. The molecule has 0 aliphatic heterocycles. The van der Waals surface area contributed by atoms with E-state index in [2.05, 4.69) is 43.4 Å². The van der Waals surface area contributed by atoms with Crippen molar-refractivity contribution in [2.45, 2.75) is 52.8 Å². The number of nitrogens with one attached hydrogen (secondary N) is 1. The molecule has 2 atom stereocenters. The number of methoxy groups -OCH3 is 1. The lowest BCUT2D eigenvalue weighted by molar-refractivity contribution is -0.0141. The van der Waals surface area contributed by atoms with Crippen molar-refractivity contribution < 1.29 is 4.74 Å². The van der Waals surface area contributed by atoms with Gasteiger partial charge in [-0.3, -0.25) is 5.84 Å². The first-order chi connectivity index (χ1) is 8.45. The number of nitrogens with two attached hydrogens (primary N) is 1. The fourth-order valence-electron chi connectivity index (χ4n) is 2.21. The Morgan fingerprint density at radius 2 is 2.17 bits per heavy atom. The Hall–Kier alpha value is -0.980. The zero-order valence-electron chi connectivity index (χ0n) is 12.0. The standard InChI is InChI=1S/C12H25N5O/c1-6-7-17-9(8-14-16-17)10(15-13)11(18-5)12(2,3)4/h8,10-11,15H,6-7,13H2,1-5H3. The van der Waals surface area contributed by atoms with Crippen LogP contribution in [-0.4, -0.2) is 28.2 Å². The molecule has 1 aromatic rings. The largest absolute Gasteiger partial charge is 0.379 e. The third-order valence-electron chi connectivity index (χ3n) is 2.99. The van der Waals surface area contributed by atoms with E-state index in [4.69, 9.17) is 10.6 Å². The monoisotopic (exact) mass is 255 g/mol. The minimum atomic E-state index is -0.128. The molecule has 0 bridgehead atoms. The van der Waals surface area contributed by atoms with Gasteiger partial charge in [-0.2, -0.15) is 0 Å². The van der Waals surface area contributed by atoms with Gasteiger partial charge in [-0.25, -0.2) is 10.1 Å². The first-order valence-electron chi connectivity index (χ1n) is 6.33. The van der Waals surface area contributed by atoms with E-state index in [-0.39, 0.29) is 17.6 Å². The van der Waals surface area contributed by atoms with Crippen LogP contribution < -0.4 is 11.3 Å². The Labute approximate surface area is 109 Å². The summed E-state index contributed by atoms with van der Waals surface area (Å²) in [5.74, 6) is 5.70. The van der Waals surface area contributed by atoms with Crippen LogP contribution in [0.3, 0.4) is 0 Å². The number of aryl methyl sites for hydroxylation is 1. The molecule has 0 saturated heterocycles. The SMILES string of the molecule is CCCn1nncc1C(NN)C(OC)C(C)(C)C. The summed E-state index contributed by atoms with van der Waals surface area (Å²) in [5.41, 5.74) is 3.76. The molecule has 104 valence electrons. The molecule has 0 spiro atoms. The van der Waals surface area contributed by atoms with E-state index in [9.17, 15) is 0 Å². The molecule has 6 nitrogen and oxygen atoms in total. The average Bonchev–Trinajstić information content (AvgIpc) is 2.72. The van der Waals surface area contributed by atoms with E-state index in [1.54, 1.807) is 13.3 Å². The smallest absolute Gasteiger partial charge is 0.0911 e. The maximum atomic E-state index is 5.70. The predicted molar refractivity (Wildman–Crippen MR) is 70.6 cm³/mol. The molecular formula is C12H25N5O. The molecule has 0 fully saturated rings. The number of hydrogen-bond donors (Lipinski definition) is 2. The quantitative estimate of drug-likeness (QED) is 0.591. The molecule has 0 aliphatic rings. The Bertz CT molecular complexity index is 358. The Morgan fingerprint density at radius 3 is 2.61 bits per heavy atom. The highest BCUT2D eigenvalue weighted by Crippen LogP contribution is 2.31. The highest BCUT2D eigenvalue weighted by molar-refractivity contribution is 5.07. The number of hydrazine groups is 1. The van der Waals surface area contributed by atoms with Crippen LogP contribution >= 0.6 is 0 Å². The first kappa shape index (κ1) is 15.1. The Morgan fingerprint density at radius 1 is 1.50 bits per heavy atom. The van der Waals surface area contributed by atoms with Gasteiger partial charge in [0.25, 0.3) is 0 Å². The van der Waals surface area contributed by atoms with Gasteiger partial charge in [0.2, 0.25) is 0 Å². The second-order valence-corrected chi connectivity index (χ2v) is 5.55. The van der Waals surface area contributed by atoms with Gasteiger partial charge in [-0.05, 0) is 11.8 Å². The summed E-state index contributed by atoms with van der Waals surface area (Å²) in [5, 5.41) is 8.06. The molecule has 6 heteroatoms. The summed E-state index contributed by atoms with van der Waals surface area (Å²) in [6, 6.07) is -0.128. The molecule has 2 unspecified atom stereocenters. The predicted octanol–water partition coefficient (Wildman–Crippen LogP) is 1.25. The maximum Gasteiger partial charge on any atom is 0.0911 e. The van der Waals surface area contributed by atoms with Gasteiger partial charge in [0.05, 0.1) is 24.0 Å². The molecule has 0 radical (unpaired) electrons. The van der Waals surface area contributed by atoms with Gasteiger partial charge in [0, 0.05) is 13.7 Å². The highest BCUT2D eigenvalue weighted by Gasteiger charge is 2.34. The van der Waals surface area contributed by atoms with Crippen molar-refractivity contribution in [2.75, 3.05) is 7.11 Å². The number of ether oxygens (including phenoxy) is 1. The van der Waals surface area contributed by atoms with Gasteiger partial charge >= 0.3 is 0 Å². The molecule has 0 aromatic carbocycles. The molecule has 1 aromatic heterocycles.